The Morgan fingerprint density at radius 1 is 1.00 bits per heavy atom. The summed E-state index contributed by atoms with van der Waals surface area (Å²) in [6.45, 7) is 0. The molecule has 0 bridgehead atoms. The predicted molar refractivity (Wildman–Crippen MR) is 9.72 cm³/mol. The molecule has 2 N–H and O–H groups in total. The molecule has 4 heavy (non-hydrogen) atoms. The van der Waals surface area contributed by atoms with E-state index in [1.54, 1.807) is 18.8 Å². The maximum Gasteiger partial charge on any atom is -0.870 e. The summed E-state index contributed by atoms with van der Waals surface area (Å²) in [6.07, 6.45) is 0. The molecular weight excluding hydrogens is 263 g/mol. The number of halogens is 1. The topological polar surface area (TPSA) is 60.0 Å². The average molecular weight is 265 g/mol. The van der Waals surface area contributed by atoms with Gasteiger partial charge in [-0.3, -0.25) is 0 Å². The van der Waals surface area contributed by atoms with Crippen molar-refractivity contribution in [2.24, 2.45) is 0 Å². The van der Waals surface area contributed by atoms with E-state index in [-0.39, 0.29) is 11.0 Å². The van der Waals surface area contributed by atoms with E-state index in [1.165, 1.54) is 0 Å². The summed E-state index contributed by atoms with van der Waals surface area (Å²) in [7, 11) is 4.61. The van der Waals surface area contributed by atoms with Gasteiger partial charge in [0.2, 0.25) is 0 Å². The molecule has 31 valence electrons. The second kappa shape index (κ2) is 40.6. The first-order valence-corrected chi connectivity index (χ1v) is 2.94. The Bertz CT molecular complexity index is 6.00. The first-order chi connectivity index (χ1) is 1.00. The van der Waals surface area contributed by atoms with Crippen molar-refractivity contribution in [2.75, 3.05) is 0 Å². The minimum absolute atomic E-state index is 0. The molecule has 0 atom stereocenters. The van der Waals surface area contributed by atoms with Crippen LogP contribution in [0, 0.1) is 0 Å². The molecule has 0 radical (unpaired) electrons. The molecule has 0 aliphatic heterocycles. The van der Waals surface area contributed by atoms with Crippen molar-refractivity contribution < 1.29 is 29.7 Å². The molecular formula is H2ClO2Pt. The van der Waals surface area contributed by atoms with Crippen molar-refractivity contribution in [1.29, 1.82) is 0 Å². The predicted octanol–water partition coefficient (Wildman–Crippen LogP) is 0.333. The van der Waals surface area contributed by atoms with Crippen LogP contribution in [0.3, 0.4) is 0 Å². The van der Waals surface area contributed by atoms with Crippen molar-refractivity contribution in [2.45, 2.75) is 0 Å². The van der Waals surface area contributed by atoms with Gasteiger partial charge in [-0.05, 0) is 0 Å². The summed E-state index contributed by atoms with van der Waals surface area (Å²) in [6, 6.07) is 0. The molecule has 0 aromatic carbocycles. The van der Waals surface area contributed by atoms with Crippen LogP contribution in [0.2, 0.25) is 0 Å². The number of rotatable bonds is 0. The molecule has 0 saturated heterocycles. The van der Waals surface area contributed by atoms with E-state index in [0.717, 1.165) is 0 Å². The van der Waals surface area contributed by atoms with Gasteiger partial charge in [0.05, 0.1) is 0 Å². The van der Waals surface area contributed by atoms with Crippen LogP contribution in [0.25, 0.3) is 0 Å². The zero-order chi connectivity index (χ0) is 2.00. The molecule has 0 aliphatic rings. The summed E-state index contributed by atoms with van der Waals surface area (Å²) in [4.78, 5) is 0. The summed E-state index contributed by atoms with van der Waals surface area (Å²) < 4.78 is 0. The molecule has 0 heterocycles. The van der Waals surface area contributed by atoms with E-state index in [0.29, 0.717) is 0 Å². The smallest absolute Gasteiger partial charge is 0.870 e. The van der Waals surface area contributed by atoms with Gasteiger partial charge >= 0.3 is 28.2 Å². The van der Waals surface area contributed by atoms with E-state index >= 15 is 0 Å². The van der Waals surface area contributed by atoms with Crippen molar-refractivity contribution >= 4 is 9.42 Å². The third kappa shape index (κ3) is 12.9. The third-order valence-corrected chi connectivity index (χ3v) is 0. The maximum absolute atomic E-state index is 4.61. The second-order valence-electron chi connectivity index (χ2n) is 0. The molecule has 0 spiro atoms. The first-order valence-electron chi connectivity index (χ1n) is 0.120. The van der Waals surface area contributed by atoms with Crippen LogP contribution in [-0.4, -0.2) is 11.0 Å². The largest absolute Gasteiger partial charge is 0.870 e. The Balaban J connectivity index is -0.00000000500. The minimum atomic E-state index is 0. The van der Waals surface area contributed by atoms with Crippen molar-refractivity contribution in [3.63, 3.8) is 0 Å². The summed E-state index contributed by atoms with van der Waals surface area (Å²) in [5, 5.41) is 0. The maximum atomic E-state index is 4.61. The molecule has 4 heteroatoms. The Labute approximate surface area is 39.6 Å². The van der Waals surface area contributed by atoms with Crippen molar-refractivity contribution in [1.82, 2.24) is 0 Å². The van der Waals surface area contributed by atoms with Crippen LogP contribution in [0.1, 0.15) is 0 Å². The van der Waals surface area contributed by atoms with Gasteiger partial charge < -0.3 is 11.0 Å². The SMILES string of the molecule is [Cl][Pt+2].[OH-].[OH-]. The monoisotopic (exact) mass is 264 g/mol. The van der Waals surface area contributed by atoms with Crippen LogP contribution in [0.4, 0.5) is 0 Å². The van der Waals surface area contributed by atoms with E-state index in [1.807, 2.05) is 0 Å². The Hall–Kier alpha value is 0.898. The zero-order valence-electron chi connectivity index (χ0n) is 1.59. The van der Waals surface area contributed by atoms with E-state index in [4.69, 9.17) is 0 Å². The molecule has 0 rings (SSSR count). The Kier molecular flexibility index (Phi) is 210. The summed E-state index contributed by atoms with van der Waals surface area (Å²) in [5.74, 6) is 0. The first kappa shape index (κ1) is 20.7. The fourth-order valence-electron chi connectivity index (χ4n) is 0. The summed E-state index contributed by atoms with van der Waals surface area (Å²) in [5.41, 5.74) is 0. The molecule has 0 fully saturated rings. The van der Waals surface area contributed by atoms with Crippen LogP contribution in [0.5, 0.6) is 0 Å². The van der Waals surface area contributed by atoms with E-state index < -0.39 is 0 Å². The number of hydrogen-bond donors (Lipinski definition) is 0. The molecule has 0 saturated carbocycles. The fraction of sp³-hybridized carbons (Fsp3) is 0. The Morgan fingerprint density at radius 3 is 1.00 bits per heavy atom. The normalized spacial score (nSPS) is 1.50. The minimum Gasteiger partial charge on any atom is -0.870 e. The quantitative estimate of drug-likeness (QED) is 0.633. The van der Waals surface area contributed by atoms with Gasteiger partial charge in [-0.15, -0.1) is 0 Å². The fourth-order valence-corrected chi connectivity index (χ4v) is 0. The van der Waals surface area contributed by atoms with Crippen LogP contribution < -0.4 is 0 Å². The van der Waals surface area contributed by atoms with Gasteiger partial charge in [0.25, 0.3) is 0 Å². The van der Waals surface area contributed by atoms with Crippen LogP contribution in [0.15, 0.2) is 0 Å². The van der Waals surface area contributed by atoms with Crippen LogP contribution >= 0.6 is 9.42 Å². The Morgan fingerprint density at radius 2 is 1.00 bits per heavy atom. The second-order valence-corrected chi connectivity index (χ2v) is 0. The molecule has 0 amide bonds. The molecule has 0 unspecified atom stereocenters. The average Bonchev–Trinajstić information content (AvgIpc) is 1.00. The van der Waals surface area contributed by atoms with Gasteiger partial charge in [-0.1, -0.05) is 0 Å². The van der Waals surface area contributed by atoms with Gasteiger partial charge in [0, 0.05) is 0 Å². The standard InChI is InChI=1S/ClH.2H2O.Pt/h1H;2*1H2;/q;;;+3/p-3. The van der Waals surface area contributed by atoms with Crippen LogP contribution in [-0.2, 0) is 18.8 Å². The van der Waals surface area contributed by atoms with E-state index in [9.17, 15) is 0 Å². The molecule has 2 nitrogen and oxygen atoms in total. The van der Waals surface area contributed by atoms with Gasteiger partial charge in [-0.25, -0.2) is 0 Å². The van der Waals surface area contributed by atoms with Crippen molar-refractivity contribution in [3.8, 4) is 0 Å². The molecule has 0 aromatic heterocycles. The third-order valence-electron chi connectivity index (χ3n) is 0. The summed E-state index contributed by atoms with van der Waals surface area (Å²) >= 11 is 1.61. The van der Waals surface area contributed by atoms with Gasteiger partial charge in [-0.2, -0.15) is 0 Å². The molecule has 0 aliphatic carbocycles. The zero-order valence-corrected chi connectivity index (χ0v) is 4.62. The van der Waals surface area contributed by atoms with Gasteiger partial charge in [0.15, 0.2) is 0 Å². The van der Waals surface area contributed by atoms with Gasteiger partial charge in [0.1, 0.15) is 0 Å². The molecule has 0 aromatic rings. The van der Waals surface area contributed by atoms with E-state index in [2.05, 4.69) is 9.42 Å². The van der Waals surface area contributed by atoms with Crippen molar-refractivity contribution in [3.05, 3.63) is 0 Å². The number of hydrogen-bond acceptors (Lipinski definition) is 2.